The molecule has 4 nitrogen and oxygen atoms in total. The number of sulfonamides is 1. The van der Waals surface area contributed by atoms with Crippen molar-refractivity contribution in [1.82, 2.24) is 5.32 Å². The molecular formula is C15H15FN2O2S. The largest absolute Gasteiger partial charge is 0.309 e. The number of nitrogens with one attached hydrogen (secondary N) is 2. The van der Waals surface area contributed by atoms with Crippen LogP contribution in [0.5, 0.6) is 0 Å². The van der Waals surface area contributed by atoms with Gasteiger partial charge in [-0.2, -0.15) is 0 Å². The summed E-state index contributed by atoms with van der Waals surface area (Å²) in [6, 6.07) is 9.36. The third-order valence-corrected chi connectivity index (χ3v) is 4.99. The Labute approximate surface area is 123 Å². The van der Waals surface area contributed by atoms with Crippen LogP contribution in [0.1, 0.15) is 16.7 Å². The predicted molar refractivity (Wildman–Crippen MR) is 78.9 cm³/mol. The third-order valence-electron chi connectivity index (χ3n) is 3.63. The highest BCUT2D eigenvalue weighted by atomic mass is 32.2. The Morgan fingerprint density at radius 2 is 1.90 bits per heavy atom. The van der Waals surface area contributed by atoms with E-state index in [1.54, 1.807) is 25.1 Å². The predicted octanol–water partition coefficient (Wildman–Crippen LogP) is 2.54. The van der Waals surface area contributed by atoms with E-state index < -0.39 is 15.8 Å². The lowest BCUT2D eigenvalue weighted by atomic mass is 10.1. The Balaban J connectivity index is 1.96. The van der Waals surface area contributed by atoms with Crippen molar-refractivity contribution in [2.75, 3.05) is 4.72 Å². The maximum absolute atomic E-state index is 13.5. The number of rotatable bonds is 3. The molecule has 2 N–H and O–H groups in total. The van der Waals surface area contributed by atoms with Crippen LogP contribution < -0.4 is 10.0 Å². The maximum Gasteiger partial charge on any atom is 0.261 e. The second-order valence-electron chi connectivity index (χ2n) is 5.05. The zero-order valence-corrected chi connectivity index (χ0v) is 12.3. The lowest BCUT2D eigenvalue weighted by Crippen LogP contribution is -2.14. The molecule has 0 spiro atoms. The van der Waals surface area contributed by atoms with Crippen molar-refractivity contribution in [3.63, 3.8) is 0 Å². The molecule has 0 atom stereocenters. The fraction of sp³-hybridized carbons (Fsp3) is 0.200. The SMILES string of the molecule is Cc1c(F)cccc1NS(=O)(=O)c1ccc2c(c1)CNC2. The van der Waals surface area contributed by atoms with Crippen molar-refractivity contribution in [1.29, 1.82) is 0 Å². The van der Waals surface area contributed by atoms with E-state index in [4.69, 9.17) is 0 Å². The fourth-order valence-corrected chi connectivity index (χ4v) is 3.53. The molecule has 1 aliphatic heterocycles. The van der Waals surface area contributed by atoms with Gasteiger partial charge in [0.15, 0.2) is 0 Å². The van der Waals surface area contributed by atoms with E-state index in [2.05, 4.69) is 10.0 Å². The van der Waals surface area contributed by atoms with Crippen LogP contribution in [-0.4, -0.2) is 8.42 Å². The van der Waals surface area contributed by atoms with Crippen LogP contribution in [0, 0.1) is 12.7 Å². The zero-order chi connectivity index (χ0) is 15.0. The average molecular weight is 306 g/mol. The van der Waals surface area contributed by atoms with Gasteiger partial charge in [0, 0.05) is 18.7 Å². The van der Waals surface area contributed by atoms with Gasteiger partial charge in [-0.25, -0.2) is 12.8 Å². The average Bonchev–Trinajstić information content (AvgIpc) is 2.91. The van der Waals surface area contributed by atoms with Gasteiger partial charge < -0.3 is 5.32 Å². The molecule has 0 aliphatic carbocycles. The summed E-state index contributed by atoms with van der Waals surface area (Å²) >= 11 is 0. The van der Waals surface area contributed by atoms with Crippen molar-refractivity contribution >= 4 is 15.7 Å². The normalized spacial score (nSPS) is 14.0. The van der Waals surface area contributed by atoms with Crippen molar-refractivity contribution in [3.8, 4) is 0 Å². The summed E-state index contributed by atoms with van der Waals surface area (Å²) in [6.07, 6.45) is 0. The van der Waals surface area contributed by atoms with E-state index >= 15 is 0 Å². The van der Waals surface area contributed by atoms with Crippen LogP contribution in [0.4, 0.5) is 10.1 Å². The van der Waals surface area contributed by atoms with Crippen LogP contribution in [-0.2, 0) is 23.1 Å². The van der Waals surface area contributed by atoms with Gasteiger partial charge in [-0.3, -0.25) is 4.72 Å². The number of hydrogen-bond acceptors (Lipinski definition) is 3. The lowest BCUT2D eigenvalue weighted by molar-refractivity contribution is 0.600. The lowest BCUT2D eigenvalue weighted by Gasteiger charge is -2.11. The van der Waals surface area contributed by atoms with Crippen molar-refractivity contribution in [2.24, 2.45) is 0 Å². The molecule has 1 heterocycles. The molecule has 0 saturated carbocycles. The first kappa shape index (κ1) is 14.0. The highest BCUT2D eigenvalue weighted by Crippen LogP contribution is 2.24. The van der Waals surface area contributed by atoms with Gasteiger partial charge in [-0.05, 0) is 42.3 Å². The Kier molecular flexibility index (Phi) is 3.43. The van der Waals surface area contributed by atoms with Crippen molar-refractivity contribution in [3.05, 3.63) is 58.9 Å². The van der Waals surface area contributed by atoms with E-state index in [0.29, 0.717) is 6.54 Å². The van der Waals surface area contributed by atoms with Crippen LogP contribution >= 0.6 is 0 Å². The molecule has 1 aliphatic rings. The molecule has 0 bridgehead atoms. The molecule has 0 radical (unpaired) electrons. The maximum atomic E-state index is 13.5. The second kappa shape index (κ2) is 5.13. The minimum absolute atomic E-state index is 0.189. The molecule has 0 unspecified atom stereocenters. The Morgan fingerprint density at radius 1 is 1.14 bits per heavy atom. The van der Waals surface area contributed by atoms with E-state index in [0.717, 1.165) is 17.7 Å². The molecule has 110 valence electrons. The topological polar surface area (TPSA) is 58.2 Å². The molecule has 2 aromatic rings. The van der Waals surface area contributed by atoms with Gasteiger partial charge in [0.1, 0.15) is 5.82 Å². The molecule has 3 rings (SSSR count). The van der Waals surface area contributed by atoms with Gasteiger partial charge in [0.2, 0.25) is 0 Å². The van der Waals surface area contributed by atoms with Crippen LogP contribution in [0.2, 0.25) is 0 Å². The van der Waals surface area contributed by atoms with Crippen LogP contribution in [0.25, 0.3) is 0 Å². The molecule has 2 aromatic carbocycles. The van der Waals surface area contributed by atoms with E-state index in [-0.39, 0.29) is 16.1 Å². The highest BCUT2D eigenvalue weighted by molar-refractivity contribution is 7.92. The van der Waals surface area contributed by atoms with Crippen molar-refractivity contribution in [2.45, 2.75) is 24.9 Å². The molecule has 6 heteroatoms. The number of benzene rings is 2. The number of hydrogen-bond donors (Lipinski definition) is 2. The minimum Gasteiger partial charge on any atom is -0.309 e. The quantitative estimate of drug-likeness (QED) is 0.916. The van der Waals surface area contributed by atoms with Crippen LogP contribution in [0.3, 0.4) is 0 Å². The molecule has 0 amide bonds. The number of anilines is 1. The first-order chi connectivity index (χ1) is 9.97. The monoisotopic (exact) mass is 306 g/mol. The molecule has 0 saturated heterocycles. The zero-order valence-electron chi connectivity index (χ0n) is 11.5. The van der Waals surface area contributed by atoms with Crippen LogP contribution in [0.15, 0.2) is 41.3 Å². The smallest absolute Gasteiger partial charge is 0.261 e. The van der Waals surface area contributed by atoms with Gasteiger partial charge in [0.05, 0.1) is 10.6 Å². The Morgan fingerprint density at radius 3 is 2.71 bits per heavy atom. The van der Waals surface area contributed by atoms with Gasteiger partial charge in [-0.15, -0.1) is 0 Å². The minimum atomic E-state index is -3.72. The summed E-state index contributed by atoms with van der Waals surface area (Å²) in [5.74, 6) is -0.437. The second-order valence-corrected chi connectivity index (χ2v) is 6.73. The summed E-state index contributed by atoms with van der Waals surface area (Å²) < 4.78 is 40.8. The fourth-order valence-electron chi connectivity index (χ4n) is 2.36. The number of halogens is 1. The summed E-state index contributed by atoms with van der Waals surface area (Å²) in [5.41, 5.74) is 2.63. The first-order valence-corrected chi connectivity index (χ1v) is 8.06. The Bertz CT molecular complexity index is 803. The highest BCUT2D eigenvalue weighted by Gasteiger charge is 2.19. The van der Waals surface area contributed by atoms with Gasteiger partial charge in [-0.1, -0.05) is 12.1 Å². The first-order valence-electron chi connectivity index (χ1n) is 6.58. The van der Waals surface area contributed by atoms with Gasteiger partial charge >= 0.3 is 0 Å². The summed E-state index contributed by atoms with van der Waals surface area (Å²) in [7, 11) is -3.72. The Hall–Kier alpha value is -1.92. The number of fused-ring (bicyclic) bond motifs is 1. The standard InChI is InChI=1S/C15H15FN2O2S/c1-10-14(16)3-2-4-15(10)18-21(19,20)13-6-5-11-8-17-9-12(11)7-13/h2-7,17-18H,8-9H2,1H3. The molecule has 0 aromatic heterocycles. The summed E-state index contributed by atoms with van der Waals surface area (Å²) in [6.45, 7) is 2.96. The van der Waals surface area contributed by atoms with Crippen molar-refractivity contribution < 1.29 is 12.8 Å². The molecule has 0 fully saturated rings. The van der Waals surface area contributed by atoms with E-state index in [1.807, 2.05) is 6.07 Å². The van der Waals surface area contributed by atoms with Gasteiger partial charge in [0.25, 0.3) is 10.0 Å². The van der Waals surface area contributed by atoms with E-state index in [1.165, 1.54) is 12.1 Å². The molecule has 21 heavy (non-hydrogen) atoms. The molecular weight excluding hydrogens is 291 g/mol. The summed E-state index contributed by atoms with van der Waals surface area (Å²) in [5, 5.41) is 3.17. The summed E-state index contributed by atoms with van der Waals surface area (Å²) in [4.78, 5) is 0.189. The third kappa shape index (κ3) is 2.64. The van der Waals surface area contributed by atoms with E-state index in [9.17, 15) is 12.8 Å².